The molecule has 8 heteroatoms. The Balaban J connectivity index is 2.05. The minimum Gasteiger partial charge on any atom is -0.482 e. The minimum atomic E-state index is 0.212. The van der Waals surface area contributed by atoms with Crippen LogP contribution in [0.2, 0.25) is 0 Å². The molecule has 2 rings (SSSR count). The first kappa shape index (κ1) is 17.5. The highest BCUT2D eigenvalue weighted by atomic mass is 16.5. The first-order valence-electron chi connectivity index (χ1n) is 7.80. The molecule has 2 aromatic heterocycles. The van der Waals surface area contributed by atoms with Crippen molar-refractivity contribution in [3.8, 4) is 5.75 Å². The second-order valence-electron chi connectivity index (χ2n) is 5.18. The number of aliphatic imine (C=N–C) groups is 1. The lowest BCUT2D eigenvalue weighted by atomic mass is 10.3. The molecule has 0 aliphatic heterocycles. The van der Waals surface area contributed by atoms with Crippen LogP contribution in [0, 0.1) is 6.92 Å². The fraction of sp³-hybridized carbons (Fsp3) is 0.375. The summed E-state index contributed by atoms with van der Waals surface area (Å²) in [4.78, 5) is 16.3. The van der Waals surface area contributed by atoms with E-state index in [1.54, 1.807) is 18.6 Å². The van der Waals surface area contributed by atoms with Gasteiger partial charge in [0.15, 0.2) is 11.6 Å². The van der Waals surface area contributed by atoms with E-state index in [2.05, 4.69) is 38.9 Å². The maximum atomic E-state index is 5.80. The van der Waals surface area contributed by atoms with Crippen molar-refractivity contribution in [2.45, 2.75) is 33.3 Å². The van der Waals surface area contributed by atoms with Gasteiger partial charge in [-0.05, 0) is 20.1 Å². The fourth-order valence-corrected chi connectivity index (χ4v) is 2.04. The highest BCUT2D eigenvalue weighted by molar-refractivity contribution is 5.51. The van der Waals surface area contributed by atoms with E-state index in [1.807, 2.05) is 17.7 Å². The van der Waals surface area contributed by atoms with E-state index in [-0.39, 0.29) is 5.95 Å². The van der Waals surface area contributed by atoms with Gasteiger partial charge in [0.05, 0.1) is 11.9 Å². The molecule has 8 nitrogen and oxygen atoms in total. The highest BCUT2D eigenvalue weighted by Crippen LogP contribution is 2.22. The molecule has 3 N–H and O–H groups in total. The Morgan fingerprint density at radius 2 is 2.29 bits per heavy atom. The van der Waals surface area contributed by atoms with Crippen LogP contribution in [-0.2, 0) is 6.61 Å². The number of nitrogen functional groups attached to an aromatic ring is 1. The van der Waals surface area contributed by atoms with Crippen molar-refractivity contribution < 1.29 is 4.74 Å². The number of imidazole rings is 1. The van der Waals surface area contributed by atoms with Crippen molar-refractivity contribution in [1.82, 2.24) is 19.5 Å². The topological polar surface area (TPSA) is 103 Å². The summed E-state index contributed by atoms with van der Waals surface area (Å²) in [7, 11) is 0. The summed E-state index contributed by atoms with van der Waals surface area (Å²) in [6, 6.07) is 0. The summed E-state index contributed by atoms with van der Waals surface area (Å²) in [6.07, 6.45) is 8.96. The van der Waals surface area contributed by atoms with Crippen molar-refractivity contribution in [1.29, 1.82) is 0 Å². The molecular formula is C16H23N7O. The molecule has 0 fully saturated rings. The molecule has 0 bridgehead atoms. The van der Waals surface area contributed by atoms with Crippen LogP contribution < -0.4 is 15.8 Å². The van der Waals surface area contributed by atoms with Crippen molar-refractivity contribution in [3.63, 3.8) is 0 Å². The second-order valence-corrected chi connectivity index (χ2v) is 5.18. The third-order valence-electron chi connectivity index (χ3n) is 3.27. The number of nitrogens with zero attached hydrogens (tertiary/aromatic N) is 5. The monoisotopic (exact) mass is 329 g/mol. The third kappa shape index (κ3) is 4.80. The standard InChI is InChI=1S/C16H23N7O/c1-4-5-6-19-15-14(9-20-16(17)22-15)24-11-13-10-23(8-7-18-3)12(2)21-13/h7-10H,3-6,11H2,1-2H3,(H3,17,19,20,22)/b8-7-. The lowest BCUT2D eigenvalue weighted by Gasteiger charge is -2.11. The molecule has 2 aromatic rings. The summed E-state index contributed by atoms with van der Waals surface area (Å²) >= 11 is 0. The lowest BCUT2D eigenvalue weighted by molar-refractivity contribution is 0.301. The molecular weight excluding hydrogens is 306 g/mol. The zero-order valence-electron chi connectivity index (χ0n) is 14.1. The van der Waals surface area contributed by atoms with E-state index in [0.29, 0.717) is 18.2 Å². The average molecular weight is 329 g/mol. The summed E-state index contributed by atoms with van der Waals surface area (Å²) in [6.45, 7) is 8.55. The quantitative estimate of drug-likeness (QED) is 0.541. The molecule has 0 aliphatic rings. The van der Waals surface area contributed by atoms with Gasteiger partial charge in [0.25, 0.3) is 0 Å². The number of hydrogen-bond acceptors (Lipinski definition) is 7. The molecule has 0 aliphatic carbocycles. The maximum Gasteiger partial charge on any atom is 0.222 e. The number of nitrogens with two attached hydrogens (primary N) is 1. The predicted octanol–water partition coefficient (Wildman–Crippen LogP) is 2.48. The normalized spacial score (nSPS) is 10.9. The SMILES string of the molecule is C=N/C=C\n1cc(COc2cnc(N)nc2NCCCC)nc1C. The zero-order chi connectivity index (χ0) is 17.4. The average Bonchev–Trinajstić information content (AvgIpc) is 2.92. The summed E-state index contributed by atoms with van der Waals surface area (Å²) in [5, 5.41) is 3.22. The minimum absolute atomic E-state index is 0.212. The Bertz CT molecular complexity index is 708. The Labute approximate surface area is 141 Å². The van der Waals surface area contributed by atoms with Crippen LogP contribution in [0.3, 0.4) is 0 Å². The molecule has 0 aromatic carbocycles. The van der Waals surface area contributed by atoms with Gasteiger partial charge in [-0.1, -0.05) is 13.3 Å². The van der Waals surface area contributed by atoms with Crippen LogP contribution >= 0.6 is 0 Å². The lowest BCUT2D eigenvalue weighted by Crippen LogP contribution is -2.08. The van der Waals surface area contributed by atoms with Crippen LogP contribution in [0.25, 0.3) is 6.20 Å². The van der Waals surface area contributed by atoms with Gasteiger partial charge >= 0.3 is 0 Å². The van der Waals surface area contributed by atoms with Gasteiger partial charge in [-0.3, -0.25) is 4.99 Å². The largest absolute Gasteiger partial charge is 0.482 e. The number of aromatic nitrogens is 4. The van der Waals surface area contributed by atoms with Gasteiger partial charge in [-0.25, -0.2) is 9.97 Å². The molecule has 24 heavy (non-hydrogen) atoms. The van der Waals surface area contributed by atoms with Crippen molar-refractivity contribution >= 4 is 24.7 Å². The van der Waals surface area contributed by atoms with Crippen molar-refractivity contribution in [2.75, 3.05) is 17.6 Å². The van der Waals surface area contributed by atoms with E-state index < -0.39 is 0 Å². The van der Waals surface area contributed by atoms with Crippen molar-refractivity contribution in [3.05, 3.63) is 30.1 Å². The molecule has 0 saturated heterocycles. The number of ether oxygens (including phenoxy) is 1. The predicted molar refractivity (Wildman–Crippen MR) is 96.0 cm³/mol. The Hall–Kier alpha value is -2.90. The van der Waals surface area contributed by atoms with E-state index in [4.69, 9.17) is 10.5 Å². The second kappa shape index (κ2) is 8.66. The molecule has 0 radical (unpaired) electrons. The van der Waals surface area contributed by atoms with Gasteiger partial charge in [0.2, 0.25) is 5.95 Å². The molecule has 0 unspecified atom stereocenters. The number of hydrogen-bond donors (Lipinski definition) is 2. The molecule has 2 heterocycles. The Kier molecular flexibility index (Phi) is 6.30. The maximum absolute atomic E-state index is 5.80. The van der Waals surface area contributed by atoms with Gasteiger partial charge < -0.3 is 20.4 Å². The Morgan fingerprint density at radius 3 is 3.04 bits per heavy atom. The summed E-state index contributed by atoms with van der Waals surface area (Å²) in [5.74, 6) is 2.20. The molecule has 0 spiro atoms. The van der Waals surface area contributed by atoms with Gasteiger partial charge in [0.1, 0.15) is 12.4 Å². The van der Waals surface area contributed by atoms with Gasteiger partial charge in [-0.2, -0.15) is 4.98 Å². The molecule has 0 atom stereocenters. The fourth-order valence-electron chi connectivity index (χ4n) is 2.04. The number of unbranched alkanes of at least 4 members (excludes halogenated alkanes) is 1. The third-order valence-corrected chi connectivity index (χ3v) is 3.27. The first-order chi connectivity index (χ1) is 11.6. The van der Waals surface area contributed by atoms with E-state index in [1.165, 1.54) is 0 Å². The smallest absolute Gasteiger partial charge is 0.222 e. The number of aryl methyl sites for hydroxylation is 1. The molecule has 128 valence electrons. The molecule has 0 saturated carbocycles. The van der Waals surface area contributed by atoms with E-state index in [0.717, 1.165) is 30.9 Å². The molecule has 0 amide bonds. The summed E-state index contributed by atoms with van der Waals surface area (Å²) in [5.41, 5.74) is 6.44. The van der Waals surface area contributed by atoms with Gasteiger partial charge in [0, 0.05) is 25.1 Å². The van der Waals surface area contributed by atoms with E-state index in [9.17, 15) is 0 Å². The van der Waals surface area contributed by atoms with E-state index >= 15 is 0 Å². The Morgan fingerprint density at radius 1 is 1.46 bits per heavy atom. The van der Waals surface area contributed by atoms with Crippen LogP contribution in [-0.4, -0.2) is 32.8 Å². The summed E-state index contributed by atoms with van der Waals surface area (Å²) < 4.78 is 7.66. The van der Waals surface area contributed by atoms with Crippen LogP contribution in [0.1, 0.15) is 31.3 Å². The first-order valence-corrected chi connectivity index (χ1v) is 7.80. The van der Waals surface area contributed by atoms with Crippen LogP contribution in [0.4, 0.5) is 11.8 Å². The number of nitrogens with one attached hydrogen (secondary N) is 1. The number of anilines is 2. The van der Waals surface area contributed by atoms with Crippen LogP contribution in [0.15, 0.2) is 23.6 Å². The van der Waals surface area contributed by atoms with Gasteiger partial charge in [-0.15, -0.1) is 0 Å². The zero-order valence-corrected chi connectivity index (χ0v) is 14.1. The van der Waals surface area contributed by atoms with Crippen LogP contribution in [0.5, 0.6) is 5.75 Å². The highest BCUT2D eigenvalue weighted by Gasteiger charge is 2.09. The number of rotatable bonds is 9. The van der Waals surface area contributed by atoms with Crippen molar-refractivity contribution in [2.24, 2.45) is 4.99 Å².